The molecule has 2 amide bonds. The molecule has 1 atom stereocenters. The fourth-order valence-electron chi connectivity index (χ4n) is 3.92. The molecule has 2 heterocycles. The van der Waals surface area contributed by atoms with Gasteiger partial charge in [0.1, 0.15) is 17.6 Å². The number of pyridine rings is 1. The smallest absolute Gasteiger partial charge is 0.251 e. The number of fused-ring (bicyclic) bond motifs is 1. The number of nitrogens with zero attached hydrogens (tertiary/aromatic N) is 4. The van der Waals surface area contributed by atoms with E-state index in [1.54, 1.807) is 37.3 Å². The van der Waals surface area contributed by atoms with E-state index in [1.165, 1.54) is 0 Å². The van der Waals surface area contributed by atoms with E-state index in [9.17, 15) is 9.59 Å². The van der Waals surface area contributed by atoms with Gasteiger partial charge in [-0.25, -0.2) is 4.98 Å². The van der Waals surface area contributed by atoms with Crippen molar-refractivity contribution in [2.45, 2.75) is 32.9 Å². The fraction of sp³-hybridized carbons (Fsp3) is 0.458. The van der Waals surface area contributed by atoms with Crippen LogP contribution in [0.2, 0.25) is 0 Å². The van der Waals surface area contributed by atoms with E-state index in [0.29, 0.717) is 29.4 Å². The predicted molar refractivity (Wildman–Crippen MR) is 132 cm³/mol. The Kier molecular flexibility index (Phi) is 7.43. The summed E-state index contributed by atoms with van der Waals surface area (Å²) in [5.41, 5.74) is 1.99. The number of ether oxygens (including phenoxy) is 1. The Hall–Kier alpha value is -3.33. The van der Waals surface area contributed by atoms with E-state index in [-0.39, 0.29) is 23.9 Å². The van der Waals surface area contributed by atoms with Crippen molar-refractivity contribution in [3.8, 4) is 5.75 Å². The third-order valence-electron chi connectivity index (χ3n) is 5.69. The van der Waals surface area contributed by atoms with Crippen LogP contribution in [0, 0.1) is 0 Å². The number of hydrogen-bond acceptors (Lipinski definition) is 7. The molecule has 9 heteroatoms. The summed E-state index contributed by atoms with van der Waals surface area (Å²) in [7, 11) is 7.26. The SMILES string of the molecule is COc1cc(C(=O)NCCN(C)C)ccc1Nc1ccc2c(n1)N(C(C)C)[C@H](C)C(=O)N2C. The lowest BCUT2D eigenvalue weighted by Crippen LogP contribution is -2.53. The lowest BCUT2D eigenvalue weighted by molar-refractivity contribution is -0.119. The molecule has 0 saturated carbocycles. The van der Waals surface area contributed by atoms with Gasteiger partial charge in [-0.3, -0.25) is 9.59 Å². The van der Waals surface area contributed by atoms with Crippen molar-refractivity contribution in [1.82, 2.24) is 15.2 Å². The number of anilines is 4. The Balaban J connectivity index is 1.85. The number of amides is 2. The molecule has 0 bridgehead atoms. The van der Waals surface area contributed by atoms with Crippen molar-refractivity contribution in [3.05, 3.63) is 35.9 Å². The van der Waals surface area contributed by atoms with E-state index in [1.807, 2.05) is 56.8 Å². The normalized spacial score (nSPS) is 15.7. The molecule has 1 aromatic carbocycles. The number of aromatic nitrogens is 1. The highest BCUT2D eigenvalue weighted by Crippen LogP contribution is 2.37. The molecule has 0 aliphatic carbocycles. The number of rotatable bonds is 8. The van der Waals surface area contributed by atoms with Gasteiger partial charge < -0.3 is 30.1 Å². The summed E-state index contributed by atoms with van der Waals surface area (Å²) >= 11 is 0. The number of nitrogens with one attached hydrogen (secondary N) is 2. The second-order valence-electron chi connectivity index (χ2n) is 8.71. The Labute approximate surface area is 195 Å². The van der Waals surface area contributed by atoms with E-state index in [2.05, 4.69) is 10.6 Å². The maximum absolute atomic E-state index is 12.6. The Morgan fingerprint density at radius 3 is 2.61 bits per heavy atom. The van der Waals surface area contributed by atoms with Gasteiger partial charge in [-0.05, 0) is 65.2 Å². The van der Waals surface area contributed by atoms with Crippen molar-refractivity contribution in [2.75, 3.05) is 56.5 Å². The van der Waals surface area contributed by atoms with Crippen LogP contribution < -0.4 is 25.2 Å². The molecule has 3 rings (SSSR count). The van der Waals surface area contributed by atoms with Gasteiger partial charge in [-0.2, -0.15) is 0 Å². The predicted octanol–water partition coefficient (Wildman–Crippen LogP) is 2.70. The van der Waals surface area contributed by atoms with E-state index < -0.39 is 0 Å². The topological polar surface area (TPSA) is 90.0 Å². The van der Waals surface area contributed by atoms with Crippen LogP contribution in [0.5, 0.6) is 5.75 Å². The zero-order valence-corrected chi connectivity index (χ0v) is 20.5. The molecule has 178 valence electrons. The monoisotopic (exact) mass is 454 g/mol. The van der Waals surface area contributed by atoms with Crippen LogP contribution in [0.4, 0.5) is 23.0 Å². The van der Waals surface area contributed by atoms with Gasteiger partial charge in [0.2, 0.25) is 5.91 Å². The minimum Gasteiger partial charge on any atom is -0.495 e. The third kappa shape index (κ3) is 5.19. The second kappa shape index (κ2) is 10.1. The molecule has 9 nitrogen and oxygen atoms in total. The van der Waals surface area contributed by atoms with Crippen LogP contribution in [-0.4, -0.2) is 75.1 Å². The first-order chi connectivity index (χ1) is 15.6. The zero-order chi connectivity index (χ0) is 24.3. The quantitative estimate of drug-likeness (QED) is 0.634. The number of likely N-dealkylation sites (N-methyl/N-ethyl adjacent to an activating group) is 2. The van der Waals surface area contributed by atoms with Crippen LogP contribution in [0.3, 0.4) is 0 Å². The molecule has 33 heavy (non-hydrogen) atoms. The van der Waals surface area contributed by atoms with Gasteiger partial charge in [-0.1, -0.05) is 0 Å². The second-order valence-corrected chi connectivity index (χ2v) is 8.71. The van der Waals surface area contributed by atoms with Crippen molar-refractivity contribution < 1.29 is 14.3 Å². The molecule has 2 aromatic rings. The highest BCUT2D eigenvalue weighted by Gasteiger charge is 2.36. The molecule has 0 radical (unpaired) electrons. The van der Waals surface area contributed by atoms with E-state index in [4.69, 9.17) is 9.72 Å². The van der Waals surface area contributed by atoms with Crippen LogP contribution in [0.25, 0.3) is 0 Å². The summed E-state index contributed by atoms with van der Waals surface area (Å²) < 4.78 is 5.53. The number of methoxy groups -OCH3 is 1. The zero-order valence-electron chi connectivity index (χ0n) is 20.5. The van der Waals surface area contributed by atoms with Gasteiger partial charge in [0, 0.05) is 31.7 Å². The maximum atomic E-state index is 12.6. The molecule has 0 fully saturated rings. The summed E-state index contributed by atoms with van der Waals surface area (Å²) in [6.45, 7) is 7.32. The van der Waals surface area contributed by atoms with E-state index in [0.717, 1.165) is 18.1 Å². The van der Waals surface area contributed by atoms with Crippen LogP contribution in [-0.2, 0) is 4.79 Å². The molecule has 1 aromatic heterocycles. The Morgan fingerprint density at radius 1 is 1.24 bits per heavy atom. The minimum absolute atomic E-state index is 0.0415. The maximum Gasteiger partial charge on any atom is 0.251 e. The minimum atomic E-state index is -0.301. The number of carbonyl (C=O) groups excluding carboxylic acids is 2. The van der Waals surface area contributed by atoms with Gasteiger partial charge in [0.05, 0.1) is 18.5 Å². The summed E-state index contributed by atoms with van der Waals surface area (Å²) in [6.07, 6.45) is 0. The summed E-state index contributed by atoms with van der Waals surface area (Å²) in [6, 6.07) is 8.80. The lowest BCUT2D eigenvalue weighted by atomic mass is 10.1. The van der Waals surface area contributed by atoms with Crippen molar-refractivity contribution in [3.63, 3.8) is 0 Å². The number of carbonyl (C=O) groups is 2. The molecule has 0 saturated heterocycles. The first-order valence-electron chi connectivity index (χ1n) is 11.1. The summed E-state index contributed by atoms with van der Waals surface area (Å²) in [4.78, 5) is 35.6. The van der Waals surface area contributed by atoms with Gasteiger partial charge in [0.25, 0.3) is 5.91 Å². The lowest BCUT2D eigenvalue weighted by Gasteiger charge is -2.41. The molecule has 0 unspecified atom stereocenters. The van der Waals surface area contributed by atoms with Gasteiger partial charge in [0.15, 0.2) is 5.82 Å². The van der Waals surface area contributed by atoms with Gasteiger partial charge in [-0.15, -0.1) is 0 Å². The third-order valence-corrected chi connectivity index (χ3v) is 5.69. The first kappa shape index (κ1) is 24.3. The molecule has 1 aliphatic heterocycles. The number of hydrogen-bond donors (Lipinski definition) is 2. The molecular formula is C24H34N6O3. The van der Waals surface area contributed by atoms with Crippen molar-refractivity contribution >= 4 is 34.8 Å². The van der Waals surface area contributed by atoms with Crippen LogP contribution in [0.1, 0.15) is 31.1 Å². The average molecular weight is 455 g/mol. The fourth-order valence-corrected chi connectivity index (χ4v) is 3.92. The molecule has 2 N–H and O–H groups in total. The van der Waals surface area contributed by atoms with Crippen molar-refractivity contribution in [2.24, 2.45) is 0 Å². The Morgan fingerprint density at radius 2 is 1.97 bits per heavy atom. The van der Waals surface area contributed by atoms with Crippen molar-refractivity contribution in [1.29, 1.82) is 0 Å². The Bertz CT molecular complexity index is 1020. The molecular weight excluding hydrogens is 420 g/mol. The van der Waals surface area contributed by atoms with Crippen LogP contribution in [0.15, 0.2) is 30.3 Å². The standard InChI is InChI=1S/C24H34N6O3/c1-15(2)30-16(3)24(32)29(6)19-10-11-21(27-22(19)30)26-18-9-8-17(14-20(18)33-7)23(31)25-12-13-28(4)5/h8-11,14-16H,12-13H2,1-7H3,(H,25,31)(H,26,27)/t16-/m1/s1. The van der Waals surface area contributed by atoms with Gasteiger partial charge >= 0.3 is 0 Å². The molecule has 0 spiro atoms. The highest BCUT2D eigenvalue weighted by molar-refractivity contribution is 6.04. The summed E-state index contributed by atoms with van der Waals surface area (Å²) in [5, 5.41) is 6.20. The van der Waals surface area contributed by atoms with Crippen LogP contribution >= 0.6 is 0 Å². The molecule has 1 aliphatic rings. The summed E-state index contributed by atoms with van der Waals surface area (Å²) in [5.74, 6) is 1.80. The average Bonchev–Trinajstić information content (AvgIpc) is 2.77. The first-order valence-corrected chi connectivity index (χ1v) is 11.1. The highest BCUT2D eigenvalue weighted by atomic mass is 16.5. The number of benzene rings is 1. The van der Waals surface area contributed by atoms with E-state index >= 15 is 0 Å². The largest absolute Gasteiger partial charge is 0.495 e.